The lowest BCUT2D eigenvalue weighted by Crippen LogP contribution is -1.98. The minimum absolute atomic E-state index is 0.373. The summed E-state index contributed by atoms with van der Waals surface area (Å²) in [4.78, 5) is 0. The minimum atomic E-state index is -0.928. The van der Waals surface area contributed by atoms with Crippen LogP contribution >= 0.6 is 15.9 Å². The van der Waals surface area contributed by atoms with Crippen molar-refractivity contribution >= 4 is 15.9 Å². The number of hydrogen-bond donors (Lipinski definition) is 1. The van der Waals surface area contributed by atoms with Crippen molar-refractivity contribution in [1.82, 2.24) is 0 Å². The first kappa shape index (κ1) is 10.4. The van der Waals surface area contributed by atoms with Crippen LogP contribution < -0.4 is 0 Å². The van der Waals surface area contributed by atoms with Crippen LogP contribution in [0.1, 0.15) is 17.4 Å². The summed E-state index contributed by atoms with van der Waals surface area (Å²) in [5.41, 5.74) is 0.464. The molecular weight excluding hydrogens is 263 g/mol. The van der Waals surface area contributed by atoms with E-state index >= 15 is 0 Å². The summed E-state index contributed by atoms with van der Waals surface area (Å²) in [7, 11) is 0. The molecule has 2 aromatic rings. The molecule has 0 spiro atoms. The molecule has 1 aromatic carbocycles. The van der Waals surface area contributed by atoms with Crippen LogP contribution in [0, 0.1) is 5.82 Å². The lowest BCUT2D eigenvalue weighted by molar-refractivity contribution is 0.189. The number of rotatable bonds is 2. The van der Waals surface area contributed by atoms with Gasteiger partial charge in [0.1, 0.15) is 17.7 Å². The number of halogens is 2. The van der Waals surface area contributed by atoms with Crippen molar-refractivity contribution in [3.63, 3.8) is 0 Å². The van der Waals surface area contributed by atoms with Gasteiger partial charge in [0, 0.05) is 0 Å². The molecule has 0 fully saturated rings. The summed E-state index contributed by atoms with van der Waals surface area (Å²) in [6, 6.07) is 7.78. The van der Waals surface area contributed by atoms with E-state index in [-0.39, 0.29) is 0 Å². The summed E-state index contributed by atoms with van der Waals surface area (Å²) in [5.74, 6) is -0.00479. The fourth-order valence-corrected chi connectivity index (χ4v) is 1.54. The molecule has 15 heavy (non-hydrogen) atoms. The Bertz CT molecular complexity index is 454. The SMILES string of the molecule is OC(c1ccc(Br)c(F)c1)c1ccco1. The second-order valence-corrected chi connectivity index (χ2v) is 3.95. The second-order valence-electron chi connectivity index (χ2n) is 3.09. The Balaban J connectivity index is 2.34. The lowest BCUT2D eigenvalue weighted by Gasteiger charge is -2.08. The number of hydrogen-bond acceptors (Lipinski definition) is 2. The summed E-state index contributed by atoms with van der Waals surface area (Å²) >= 11 is 3.05. The van der Waals surface area contributed by atoms with Crippen LogP contribution in [0.2, 0.25) is 0 Å². The van der Waals surface area contributed by atoms with Gasteiger partial charge in [-0.3, -0.25) is 0 Å². The van der Waals surface area contributed by atoms with Crippen LogP contribution in [-0.2, 0) is 0 Å². The molecule has 0 saturated heterocycles. The van der Waals surface area contributed by atoms with Gasteiger partial charge < -0.3 is 9.52 Å². The molecule has 0 aliphatic heterocycles. The van der Waals surface area contributed by atoms with E-state index in [0.29, 0.717) is 15.8 Å². The normalized spacial score (nSPS) is 12.7. The van der Waals surface area contributed by atoms with Crippen molar-refractivity contribution in [3.05, 3.63) is 58.2 Å². The molecule has 0 aliphatic rings. The third-order valence-corrected chi connectivity index (χ3v) is 2.72. The van der Waals surface area contributed by atoms with Gasteiger partial charge in [-0.05, 0) is 45.8 Å². The van der Waals surface area contributed by atoms with E-state index in [1.807, 2.05) is 0 Å². The van der Waals surface area contributed by atoms with Gasteiger partial charge in [-0.2, -0.15) is 0 Å². The molecule has 1 unspecified atom stereocenters. The van der Waals surface area contributed by atoms with Crippen molar-refractivity contribution in [2.75, 3.05) is 0 Å². The molecule has 1 N–H and O–H groups in total. The van der Waals surface area contributed by atoms with E-state index in [2.05, 4.69) is 15.9 Å². The highest BCUT2D eigenvalue weighted by Crippen LogP contribution is 2.25. The van der Waals surface area contributed by atoms with Crippen molar-refractivity contribution < 1.29 is 13.9 Å². The average Bonchev–Trinajstić information content (AvgIpc) is 2.74. The van der Waals surface area contributed by atoms with Crippen molar-refractivity contribution in [2.24, 2.45) is 0 Å². The van der Waals surface area contributed by atoms with Gasteiger partial charge in [0.15, 0.2) is 0 Å². The third kappa shape index (κ3) is 2.11. The Morgan fingerprint density at radius 2 is 2.13 bits per heavy atom. The van der Waals surface area contributed by atoms with E-state index in [9.17, 15) is 9.50 Å². The molecule has 78 valence electrons. The molecular formula is C11H8BrFO2. The van der Waals surface area contributed by atoms with Gasteiger partial charge in [-0.15, -0.1) is 0 Å². The molecule has 1 aromatic heterocycles. The quantitative estimate of drug-likeness (QED) is 0.909. The summed E-state index contributed by atoms with van der Waals surface area (Å²) in [6.07, 6.45) is 0.538. The van der Waals surface area contributed by atoms with Gasteiger partial charge in [-0.25, -0.2) is 4.39 Å². The Morgan fingerprint density at radius 1 is 1.33 bits per heavy atom. The van der Waals surface area contributed by atoms with Crippen molar-refractivity contribution in [2.45, 2.75) is 6.10 Å². The highest BCUT2D eigenvalue weighted by molar-refractivity contribution is 9.10. The molecule has 2 nitrogen and oxygen atoms in total. The van der Waals surface area contributed by atoms with Crippen LogP contribution in [0.15, 0.2) is 45.5 Å². The zero-order valence-electron chi connectivity index (χ0n) is 7.65. The Labute approximate surface area is 94.5 Å². The summed E-state index contributed by atoms with van der Waals surface area (Å²) in [6.45, 7) is 0. The highest BCUT2D eigenvalue weighted by atomic mass is 79.9. The number of furan rings is 1. The monoisotopic (exact) mass is 270 g/mol. The first-order chi connectivity index (χ1) is 7.18. The fourth-order valence-electron chi connectivity index (χ4n) is 1.29. The van der Waals surface area contributed by atoms with Gasteiger partial charge >= 0.3 is 0 Å². The highest BCUT2D eigenvalue weighted by Gasteiger charge is 2.14. The zero-order chi connectivity index (χ0) is 10.8. The Hall–Kier alpha value is -1.13. The lowest BCUT2D eigenvalue weighted by atomic mass is 10.1. The standard InChI is InChI=1S/C11H8BrFO2/c12-8-4-3-7(6-9(8)13)11(14)10-2-1-5-15-10/h1-6,11,14H. The molecule has 4 heteroatoms. The summed E-state index contributed by atoms with van der Waals surface area (Å²) in [5, 5.41) is 9.82. The first-order valence-electron chi connectivity index (χ1n) is 4.35. The zero-order valence-corrected chi connectivity index (χ0v) is 9.24. The number of aliphatic hydroxyl groups excluding tert-OH is 1. The second kappa shape index (κ2) is 4.16. The maximum Gasteiger partial charge on any atom is 0.137 e. The fraction of sp³-hybridized carbons (Fsp3) is 0.0909. The van der Waals surface area contributed by atoms with Crippen LogP contribution in [0.25, 0.3) is 0 Å². The molecule has 2 rings (SSSR count). The molecule has 0 bridgehead atoms. The molecule has 0 saturated carbocycles. The Morgan fingerprint density at radius 3 is 2.73 bits per heavy atom. The molecule has 0 amide bonds. The third-order valence-electron chi connectivity index (χ3n) is 2.07. The maximum absolute atomic E-state index is 13.2. The smallest absolute Gasteiger partial charge is 0.137 e. The first-order valence-corrected chi connectivity index (χ1v) is 5.14. The van der Waals surface area contributed by atoms with Crippen LogP contribution in [-0.4, -0.2) is 5.11 Å². The number of aliphatic hydroxyl groups is 1. The largest absolute Gasteiger partial charge is 0.466 e. The number of benzene rings is 1. The van der Waals surface area contributed by atoms with Crippen LogP contribution in [0.5, 0.6) is 0 Å². The predicted molar refractivity (Wildman–Crippen MR) is 56.9 cm³/mol. The van der Waals surface area contributed by atoms with Crippen molar-refractivity contribution in [3.8, 4) is 0 Å². The van der Waals surface area contributed by atoms with E-state index in [1.165, 1.54) is 12.3 Å². The maximum atomic E-state index is 13.2. The molecule has 0 radical (unpaired) electrons. The molecule has 0 aliphatic carbocycles. The van der Waals surface area contributed by atoms with Crippen molar-refractivity contribution in [1.29, 1.82) is 0 Å². The van der Waals surface area contributed by atoms with Crippen LogP contribution in [0.4, 0.5) is 4.39 Å². The van der Waals surface area contributed by atoms with Crippen LogP contribution in [0.3, 0.4) is 0 Å². The average molecular weight is 271 g/mol. The topological polar surface area (TPSA) is 33.4 Å². The van der Waals surface area contributed by atoms with Gasteiger partial charge in [-0.1, -0.05) is 6.07 Å². The Kier molecular flexibility index (Phi) is 2.88. The van der Waals surface area contributed by atoms with Gasteiger partial charge in [0.25, 0.3) is 0 Å². The van der Waals surface area contributed by atoms with E-state index in [4.69, 9.17) is 4.42 Å². The molecule has 1 heterocycles. The predicted octanol–water partition coefficient (Wildman–Crippen LogP) is 3.26. The van der Waals surface area contributed by atoms with E-state index in [0.717, 1.165) is 0 Å². The van der Waals surface area contributed by atoms with E-state index < -0.39 is 11.9 Å². The molecule has 1 atom stereocenters. The summed E-state index contributed by atoms with van der Waals surface area (Å²) < 4.78 is 18.6. The van der Waals surface area contributed by atoms with Gasteiger partial charge in [0.05, 0.1) is 10.7 Å². The van der Waals surface area contributed by atoms with E-state index in [1.54, 1.807) is 24.3 Å². The minimum Gasteiger partial charge on any atom is -0.466 e. The van der Waals surface area contributed by atoms with Gasteiger partial charge in [0.2, 0.25) is 0 Å².